The van der Waals surface area contributed by atoms with E-state index in [4.69, 9.17) is 0 Å². The number of benzene rings is 10. The van der Waals surface area contributed by atoms with Crippen molar-refractivity contribution < 1.29 is 0 Å². The number of nitrogens with zero attached hydrogens (tertiary/aromatic N) is 1. The van der Waals surface area contributed by atoms with E-state index in [2.05, 4.69) is 243 Å². The van der Waals surface area contributed by atoms with Crippen molar-refractivity contribution in [1.29, 1.82) is 0 Å². The molecule has 0 amide bonds. The maximum Gasteiger partial charge on any atom is 0.0541 e. The van der Waals surface area contributed by atoms with Crippen LogP contribution in [0.4, 0.5) is 0 Å². The van der Waals surface area contributed by atoms with E-state index in [0.717, 1.165) is 0 Å². The fourth-order valence-electron chi connectivity index (χ4n) is 10.1. The van der Waals surface area contributed by atoms with E-state index >= 15 is 0 Å². The van der Waals surface area contributed by atoms with Crippen LogP contribution in [0.1, 0.15) is 38.8 Å². The zero-order valence-corrected chi connectivity index (χ0v) is 36.8. The Hall–Kier alpha value is -7.74. The highest BCUT2D eigenvalue weighted by molar-refractivity contribution is 6.12. The molecule has 1 aliphatic carbocycles. The van der Waals surface area contributed by atoms with Crippen molar-refractivity contribution in [3.63, 3.8) is 0 Å². The molecule has 0 unspecified atom stereocenters. The van der Waals surface area contributed by atoms with Gasteiger partial charge in [0.15, 0.2) is 0 Å². The second-order valence-electron chi connectivity index (χ2n) is 17.3. The Labute approximate surface area is 376 Å². The molecule has 0 saturated heterocycles. The van der Waals surface area contributed by atoms with Crippen LogP contribution < -0.4 is 0 Å². The monoisotopic (exact) mass is 819 g/mol. The van der Waals surface area contributed by atoms with E-state index in [1.165, 1.54) is 116 Å². The number of hydrogen-bond donors (Lipinski definition) is 0. The Kier molecular flexibility index (Phi) is 9.70. The van der Waals surface area contributed by atoms with Crippen LogP contribution in [0.5, 0.6) is 0 Å². The number of fused-ring (bicyclic) bond motifs is 7. The van der Waals surface area contributed by atoms with Crippen molar-refractivity contribution in [2.45, 2.75) is 33.1 Å². The van der Waals surface area contributed by atoms with Crippen LogP contribution in [-0.2, 0) is 5.41 Å². The lowest BCUT2D eigenvalue weighted by molar-refractivity contribution is 0.660. The molecule has 1 heterocycles. The lowest BCUT2D eigenvalue weighted by Gasteiger charge is -2.23. The Balaban J connectivity index is 0.00000225. The molecule has 306 valence electrons. The van der Waals surface area contributed by atoms with Gasteiger partial charge in [0.1, 0.15) is 0 Å². The average Bonchev–Trinajstić information content (AvgIpc) is 3.81. The summed E-state index contributed by atoms with van der Waals surface area (Å²) >= 11 is 0. The van der Waals surface area contributed by atoms with E-state index in [1.807, 2.05) is 13.8 Å². The van der Waals surface area contributed by atoms with E-state index in [-0.39, 0.29) is 5.41 Å². The van der Waals surface area contributed by atoms with Gasteiger partial charge in [-0.25, -0.2) is 0 Å². The van der Waals surface area contributed by atoms with E-state index < -0.39 is 0 Å². The lowest BCUT2D eigenvalue weighted by atomic mass is 9.81. The second-order valence-corrected chi connectivity index (χ2v) is 17.3. The summed E-state index contributed by atoms with van der Waals surface area (Å²) in [5.41, 5.74) is 21.1. The van der Waals surface area contributed by atoms with Crippen molar-refractivity contribution >= 4 is 32.6 Å². The predicted octanol–water partition coefficient (Wildman–Crippen LogP) is 17.6. The molecule has 10 aromatic carbocycles. The van der Waals surface area contributed by atoms with Crippen LogP contribution in [0.2, 0.25) is 0 Å². The van der Waals surface area contributed by atoms with Crippen LogP contribution >= 0.6 is 0 Å². The summed E-state index contributed by atoms with van der Waals surface area (Å²) in [7, 11) is 0. The Morgan fingerprint density at radius 3 is 1.28 bits per heavy atom. The SMILES string of the molecule is CC.CC1(C)c2cc(-c3cccc4ccccc34)ccc2-c2ccc(-n3c4ccc(-c5ccc(-c6ccccc6)cc5)cc4c4cc(-c5ccc(-c6ccccc6)cc5)ccc43)cc21. The molecule has 1 aliphatic rings. The molecule has 0 radical (unpaired) electrons. The highest BCUT2D eigenvalue weighted by Crippen LogP contribution is 2.51. The molecule has 1 nitrogen and oxygen atoms in total. The minimum atomic E-state index is -0.182. The molecule has 0 N–H and O–H groups in total. The molecule has 1 heteroatoms. The van der Waals surface area contributed by atoms with E-state index in [9.17, 15) is 0 Å². The van der Waals surface area contributed by atoms with Crippen LogP contribution in [0.25, 0.3) is 105 Å². The molecule has 0 bridgehead atoms. The fraction of sp³-hybridized carbons (Fsp3) is 0.0794. The summed E-state index contributed by atoms with van der Waals surface area (Å²) in [5.74, 6) is 0. The molecule has 0 aliphatic heterocycles. The Bertz CT molecular complexity index is 3350. The Morgan fingerprint density at radius 2 is 0.719 bits per heavy atom. The largest absolute Gasteiger partial charge is 0.309 e. The summed E-state index contributed by atoms with van der Waals surface area (Å²) in [6, 6.07) is 82.9. The van der Waals surface area contributed by atoms with Gasteiger partial charge in [-0.3, -0.25) is 0 Å². The maximum absolute atomic E-state index is 2.48. The normalized spacial score (nSPS) is 12.5. The molecule has 1 aromatic heterocycles. The molecule has 0 saturated carbocycles. The van der Waals surface area contributed by atoms with Gasteiger partial charge in [-0.1, -0.05) is 210 Å². The van der Waals surface area contributed by atoms with Crippen LogP contribution in [0, 0.1) is 0 Å². The van der Waals surface area contributed by atoms with Gasteiger partial charge >= 0.3 is 0 Å². The quantitative estimate of drug-likeness (QED) is 0.157. The lowest BCUT2D eigenvalue weighted by Crippen LogP contribution is -2.15. The summed E-state index contributed by atoms with van der Waals surface area (Å²) in [4.78, 5) is 0. The minimum absolute atomic E-state index is 0.182. The van der Waals surface area contributed by atoms with Crippen LogP contribution in [-0.4, -0.2) is 4.57 Å². The van der Waals surface area contributed by atoms with Crippen LogP contribution in [0.3, 0.4) is 0 Å². The third kappa shape index (κ3) is 6.55. The van der Waals surface area contributed by atoms with Gasteiger partial charge in [0.25, 0.3) is 0 Å². The highest BCUT2D eigenvalue weighted by Gasteiger charge is 2.36. The third-order valence-corrected chi connectivity index (χ3v) is 13.4. The maximum atomic E-state index is 2.48. The average molecular weight is 820 g/mol. The summed E-state index contributed by atoms with van der Waals surface area (Å²) in [6.45, 7) is 8.79. The Morgan fingerprint density at radius 1 is 0.297 bits per heavy atom. The summed E-state index contributed by atoms with van der Waals surface area (Å²) < 4.78 is 2.48. The van der Waals surface area contributed by atoms with Gasteiger partial charge < -0.3 is 4.57 Å². The highest BCUT2D eigenvalue weighted by atomic mass is 15.0. The van der Waals surface area contributed by atoms with Gasteiger partial charge in [0.2, 0.25) is 0 Å². The minimum Gasteiger partial charge on any atom is -0.309 e. The first-order chi connectivity index (χ1) is 31.5. The van der Waals surface area contributed by atoms with Crippen molar-refractivity contribution in [3.05, 3.63) is 236 Å². The fourth-order valence-corrected chi connectivity index (χ4v) is 10.1. The summed E-state index contributed by atoms with van der Waals surface area (Å²) in [6.07, 6.45) is 0. The predicted molar refractivity (Wildman–Crippen MR) is 274 cm³/mol. The second kappa shape index (κ2) is 15.9. The zero-order chi connectivity index (χ0) is 43.4. The van der Waals surface area contributed by atoms with E-state index in [1.54, 1.807) is 0 Å². The third-order valence-electron chi connectivity index (χ3n) is 13.4. The molecular weight excluding hydrogens is 771 g/mol. The van der Waals surface area contributed by atoms with Crippen LogP contribution in [0.15, 0.2) is 224 Å². The number of rotatable bonds is 6. The van der Waals surface area contributed by atoms with Crippen molar-refractivity contribution in [3.8, 4) is 72.4 Å². The molecule has 12 rings (SSSR count). The smallest absolute Gasteiger partial charge is 0.0541 e. The molecular formula is C63H49N. The number of aromatic nitrogens is 1. The topological polar surface area (TPSA) is 4.93 Å². The first kappa shape index (κ1) is 39.1. The van der Waals surface area contributed by atoms with Crippen molar-refractivity contribution in [2.24, 2.45) is 0 Å². The molecule has 0 spiro atoms. The van der Waals surface area contributed by atoms with Gasteiger partial charge in [-0.2, -0.15) is 0 Å². The number of hydrogen-bond acceptors (Lipinski definition) is 0. The van der Waals surface area contributed by atoms with Gasteiger partial charge in [-0.05, 0) is 131 Å². The first-order valence-electron chi connectivity index (χ1n) is 22.7. The van der Waals surface area contributed by atoms with Gasteiger partial charge in [0.05, 0.1) is 11.0 Å². The first-order valence-corrected chi connectivity index (χ1v) is 22.7. The molecule has 0 fully saturated rings. The molecule has 64 heavy (non-hydrogen) atoms. The van der Waals surface area contributed by atoms with E-state index in [0.29, 0.717) is 0 Å². The molecule has 11 aromatic rings. The standard InChI is InChI=1S/C61H43N.C2H6/c1-61(2)57-38-49(52-19-11-17-46-16-9-10-18-51(46)52)28-32-53(57)54-33-31-50(39-58(54)61)62-59-34-29-47(44-24-20-42(21-25-44)40-12-5-3-6-13-40)36-55(59)56-37-48(30-35-60(56)62)45-26-22-43(23-27-45)41-14-7-4-8-15-41;1-2/h3-39H,1-2H3;1-2H3. The van der Waals surface area contributed by atoms with Gasteiger partial charge in [-0.15, -0.1) is 0 Å². The van der Waals surface area contributed by atoms with Crippen molar-refractivity contribution in [1.82, 2.24) is 4.57 Å². The zero-order valence-electron chi connectivity index (χ0n) is 36.8. The van der Waals surface area contributed by atoms with Gasteiger partial charge in [0, 0.05) is 21.9 Å². The summed E-state index contributed by atoms with van der Waals surface area (Å²) in [5, 5.41) is 5.05. The van der Waals surface area contributed by atoms with Crippen molar-refractivity contribution in [2.75, 3.05) is 0 Å². The molecule has 0 atom stereocenters.